The van der Waals surface area contributed by atoms with Gasteiger partial charge in [-0.05, 0) is 49.5 Å². The van der Waals surface area contributed by atoms with Crippen LogP contribution >= 0.6 is 11.8 Å². The molecule has 1 aliphatic carbocycles. The molecular weight excluding hydrogens is 276 g/mol. The van der Waals surface area contributed by atoms with Gasteiger partial charge in [-0.2, -0.15) is 11.8 Å². The summed E-state index contributed by atoms with van der Waals surface area (Å²) in [6.45, 7) is 4.37. The van der Waals surface area contributed by atoms with E-state index in [1.54, 1.807) is 11.8 Å². The van der Waals surface area contributed by atoms with E-state index in [1.807, 2.05) is 6.26 Å². The van der Waals surface area contributed by atoms with Crippen molar-refractivity contribution in [2.24, 2.45) is 11.8 Å². The van der Waals surface area contributed by atoms with Crippen molar-refractivity contribution in [3.8, 4) is 0 Å². The number of carboxylic acids is 1. The number of carbonyl (C=O) groups excluding carboxylic acids is 1. The molecule has 0 radical (unpaired) electrons. The van der Waals surface area contributed by atoms with Crippen molar-refractivity contribution >= 4 is 23.8 Å². The summed E-state index contributed by atoms with van der Waals surface area (Å²) < 4.78 is 0. The van der Waals surface area contributed by atoms with Crippen LogP contribution in [-0.4, -0.2) is 41.2 Å². The van der Waals surface area contributed by atoms with Crippen molar-refractivity contribution in [2.45, 2.75) is 51.6 Å². The van der Waals surface area contributed by atoms with Crippen molar-refractivity contribution in [1.29, 1.82) is 0 Å². The third-order valence-corrected chi connectivity index (χ3v) is 4.61. The summed E-state index contributed by atoms with van der Waals surface area (Å²) in [5, 5.41) is 14.6. The molecular formula is C14H26N2O3S. The normalized spacial score (nSPS) is 27.6. The number of hydrogen-bond acceptors (Lipinski definition) is 3. The van der Waals surface area contributed by atoms with Crippen molar-refractivity contribution in [3.05, 3.63) is 0 Å². The predicted octanol–water partition coefficient (Wildman–Crippen LogP) is 2.32. The minimum absolute atomic E-state index is 0.154. The Kier molecular flexibility index (Phi) is 7.19. The van der Waals surface area contributed by atoms with Gasteiger partial charge in [-0.25, -0.2) is 9.59 Å². The van der Waals surface area contributed by atoms with Gasteiger partial charge in [-0.1, -0.05) is 13.8 Å². The number of hydrogen-bond donors (Lipinski definition) is 3. The van der Waals surface area contributed by atoms with E-state index >= 15 is 0 Å². The van der Waals surface area contributed by atoms with Crippen LogP contribution in [0.5, 0.6) is 0 Å². The van der Waals surface area contributed by atoms with Crippen molar-refractivity contribution in [1.82, 2.24) is 10.6 Å². The van der Waals surface area contributed by atoms with E-state index in [2.05, 4.69) is 24.5 Å². The second-order valence-electron chi connectivity index (χ2n) is 5.79. The average molecular weight is 302 g/mol. The molecule has 0 aromatic rings. The topological polar surface area (TPSA) is 78.4 Å². The summed E-state index contributed by atoms with van der Waals surface area (Å²) in [5.41, 5.74) is 0. The predicted molar refractivity (Wildman–Crippen MR) is 82.1 cm³/mol. The van der Waals surface area contributed by atoms with Crippen LogP contribution < -0.4 is 10.6 Å². The molecule has 0 aliphatic heterocycles. The van der Waals surface area contributed by atoms with E-state index < -0.39 is 12.0 Å². The fourth-order valence-corrected chi connectivity index (χ4v) is 3.21. The van der Waals surface area contributed by atoms with E-state index in [0.29, 0.717) is 24.0 Å². The number of rotatable bonds is 6. The number of urea groups is 1. The summed E-state index contributed by atoms with van der Waals surface area (Å²) in [4.78, 5) is 23.0. The Morgan fingerprint density at radius 1 is 1.35 bits per heavy atom. The number of thioether (sulfide) groups is 1. The highest BCUT2D eigenvalue weighted by molar-refractivity contribution is 7.98. The monoisotopic (exact) mass is 302 g/mol. The summed E-state index contributed by atoms with van der Waals surface area (Å²) in [5.74, 6) is 0.896. The van der Waals surface area contributed by atoms with Gasteiger partial charge in [0.15, 0.2) is 0 Å². The first-order valence-corrected chi connectivity index (χ1v) is 8.62. The minimum atomic E-state index is -0.973. The number of aliphatic carboxylic acids is 1. The molecule has 3 N–H and O–H groups in total. The molecule has 0 heterocycles. The molecule has 1 fully saturated rings. The molecule has 2 amide bonds. The molecule has 3 unspecified atom stereocenters. The van der Waals surface area contributed by atoms with Gasteiger partial charge in [0, 0.05) is 6.04 Å². The maximum atomic E-state index is 11.9. The number of amides is 2. The lowest BCUT2D eigenvalue weighted by Gasteiger charge is -2.33. The Hall–Kier alpha value is -0.910. The Balaban J connectivity index is 2.43. The highest BCUT2D eigenvalue weighted by Gasteiger charge is 2.27. The molecule has 0 aromatic carbocycles. The van der Waals surface area contributed by atoms with Crippen LogP contribution in [0.25, 0.3) is 0 Å². The largest absolute Gasteiger partial charge is 0.480 e. The molecule has 0 bridgehead atoms. The maximum absolute atomic E-state index is 11.9. The summed E-state index contributed by atoms with van der Waals surface area (Å²) in [6, 6.07) is -1.01. The van der Waals surface area contributed by atoms with Crippen LogP contribution in [0.15, 0.2) is 0 Å². The van der Waals surface area contributed by atoms with Crippen LogP contribution in [0.4, 0.5) is 4.79 Å². The molecule has 1 saturated carbocycles. The van der Waals surface area contributed by atoms with Gasteiger partial charge in [-0.15, -0.1) is 0 Å². The van der Waals surface area contributed by atoms with Crippen LogP contribution in [0, 0.1) is 11.8 Å². The summed E-state index contributed by atoms with van der Waals surface area (Å²) in [6.07, 6.45) is 5.56. The molecule has 4 atom stereocenters. The van der Waals surface area contributed by atoms with Crippen LogP contribution in [0.3, 0.4) is 0 Å². The first-order valence-electron chi connectivity index (χ1n) is 7.22. The van der Waals surface area contributed by atoms with Crippen molar-refractivity contribution in [3.63, 3.8) is 0 Å². The molecule has 20 heavy (non-hydrogen) atoms. The standard InChI is InChI=1S/C14H26N2O3S/c1-9-4-5-11(10(2)8-9)15-14(19)16-12(13(17)18)6-7-20-3/h9-12H,4-8H2,1-3H3,(H,17,18)(H2,15,16,19)/t9?,10?,11?,12-/m0/s1. The minimum Gasteiger partial charge on any atom is -0.480 e. The zero-order chi connectivity index (χ0) is 15.1. The molecule has 0 spiro atoms. The van der Waals surface area contributed by atoms with Gasteiger partial charge in [0.05, 0.1) is 0 Å². The second-order valence-corrected chi connectivity index (χ2v) is 6.78. The maximum Gasteiger partial charge on any atom is 0.326 e. The van der Waals surface area contributed by atoms with Gasteiger partial charge in [0.25, 0.3) is 0 Å². The summed E-state index contributed by atoms with van der Waals surface area (Å²) >= 11 is 1.58. The lowest BCUT2D eigenvalue weighted by molar-refractivity contribution is -0.139. The summed E-state index contributed by atoms with van der Waals surface area (Å²) in [7, 11) is 0. The van der Waals surface area contributed by atoms with Gasteiger partial charge in [0.1, 0.15) is 6.04 Å². The number of carboxylic acid groups (broad SMARTS) is 1. The van der Waals surface area contributed by atoms with Crippen LogP contribution in [0.2, 0.25) is 0 Å². The Labute approximate surface area is 125 Å². The van der Waals surface area contributed by atoms with E-state index in [9.17, 15) is 9.59 Å². The highest BCUT2D eigenvalue weighted by atomic mass is 32.2. The number of nitrogens with one attached hydrogen (secondary N) is 2. The number of carbonyl (C=O) groups is 2. The van der Waals surface area contributed by atoms with Crippen molar-refractivity contribution < 1.29 is 14.7 Å². The van der Waals surface area contributed by atoms with Gasteiger partial charge in [0.2, 0.25) is 0 Å². The molecule has 0 saturated heterocycles. The Morgan fingerprint density at radius 3 is 2.60 bits per heavy atom. The third kappa shape index (κ3) is 5.61. The van der Waals surface area contributed by atoms with Crippen LogP contribution in [0.1, 0.15) is 39.5 Å². The fraction of sp³-hybridized carbons (Fsp3) is 0.857. The van der Waals surface area contributed by atoms with E-state index in [4.69, 9.17) is 5.11 Å². The average Bonchev–Trinajstić information content (AvgIpc) is 2.37. The van der Waals surface area contributed by atoms with E-state index in [1.165, 1.54) is 0 Å². The van der Waals surface area contributed by atoms with Gasteiger partial charge >= 0.3 is 12.0 Å². The lowest BCUT2D eigenvalue weighted by Crippen LogP contribution is -2.51. The zero-order valence-corrected chi connectivity index (χ0v) is 13.3. The Morgan fingerprint density at radius 2 is 2.05 bits per heavy atom. The molecule has 0 aromatic heterocycles. The van der Waals surface area contributed by atoms with Gasteiger partial charge in [-0.3, -0.25) is 0 Å². The van der Waals surface area contributed by atoms with Crippen molar-refractivity contribution in [2.75, 3.05) is 12.0 Å². The Bertz CT molecular complexity index is 338. The van der Waals surface area contributed by atoms with E-state index in [-0.39, 0.29) is 12.1 Å². The first-order chi connectivity index (χ1) is 9.43. The fourth-order valence-electron chi connectivity index (χ4n) is 2.74. The van der Waals surface area contributed by atoms with Gasteiger partial charge < -0.3 is 15.7 Å². The molecule has 1 aliphatic rings. The molecule has 5 nitrogen and oxygen atoms in total. The lowest BCUT2D eigenvalue weighted by atomic mass is 9.80. The molecule has 116 valence electrons. The van der Waals surface area contributed by atoms with E-state index in [0.717, 1.165) is 19.3 Å². The smallest absolute Gasteiger partial charge is 0.326 e. The first kappa shape index (κ1) is 17.1. The highest BCUT2D eigenvalue weighted by Crippen LogP contribution is 2.28. The second kappa shape index (κ2) is 8.39. The third-order valence-electron chi connectivity index (χ3n) is 3.96. The van der Waals surface area contributed by atoms with Crippen LogP contribution in [-0.2, 0) is 4.79 Å². The zero-order valence-electron chi connectivity index (χ0n) is 12.5. The molecule has 6 heteroatoms. The molecule has 1 rings (SSSR count). The quantitative estimate of drug-likeness (QED) is 0.703. The SMILES string of the molecule is CSCC[C@H](NC(=O)NC1CCC(C)CC1C)C(=O)O.